The predicted octanol–water partition coefficient (Wildman–Crippen LogP) is -0.226. The molecule has 42 valence electrons. The maximum atomic E-state index is 10.2. The lowest BCUT2D eigenvalue weighted by molar-refractivity contribution is 0.0999. The van der Waals surface area contributed by atoms with Gasteiger partial charge in [0.05, 0.1) is 11.8 Å². The SMILES string of the molecule is NC(=O)c1cnoc1. The highest BCUT2D eigenvalue weighted by Gasteiger charge is 1.99. The lowest BCUT2D eigenvalue weighted by Crippen LogP contribution is -2.08. The predicted molar refractivity (Wildman–Crippen MR) is 25.0 cm³/mol. The van der Waals surface area contributed by atoms with Crippen LogP contribution in [0, 0.1) is 0 Å². The van der Waals surface area contributed by atoms with Crippen LogP contribution in [0.4, 0.5) is 0 Å². The van der Waals surface area contributed by atoms with Crippen molar-refractivity contribution in [2.75, 3.05) is 0 Å². The molecule has 1 amide bonds. The molecule has 0 bridgehead atoms. The summed E-state index contributed by atoms with van der Waals surface area (Å²) in [5.74, 6) is -0.522. The minimum absolute atomic E-state index is 0.296. The second-order valence-electron chi connectivity index (χ2n) is 1.28. The highest BCUT2D eigenvalue weighted by Crippen LogP contribution is 1.91. The number of nitrogens with two attached hydrogens (primary N) is 1. The van der Waals surface area contributed by atoms with Crippen molar-refractivity contribution >= 4 is 5.91 Å². The number of carbonyl (C=O) groups excluding carboxylic acids is 1. The molecule has 0 aliphatic rings. The molecule has 0 spiro atoms. The molecule has 0 saturated heterocycles. The highest BCUT2D eigenvalue weighted by molar-refractivity contribution is 5.91. The topological polar surface area (TPSA) is 69.1 Å². The van der Waals surface area contributed by atoms with Gasteiger partial charge in [-0.1, -0.05) is 5.16 Å². The average Bonchev–Trinajstić information content (AvgIpc) is 2.12. The molecule has 0 unspecified atom stereocenters. The first-order valence-electron chi connectivity index (χ1n) is 2.00. The Balaban J connectivity index is 2.93. The van der Waals surface area contributed by atoms with Gasteiger partial charge in [-0.2, -0.15) is 0 Å². The summed E-state index contributed by atoms with van der Waals surface area (Å²) < 4.78 is 4.32. The van der Waals surface area contributed by atoms with E-state index in [1.54, 1.807) is 0 Å². The number of carbonyl (C=O) groups is 1. The standard InChI is InChI=1S/C4H4N2O2/c5-4(7)3-1-6-8-2-3/h1-2H,(H2,5,7). The van der Waals surface area contributed by atoms with Crippen LogP contribution in [0.1, 0.15) is 10.4 Å². The van der Waals surface area contributed by atoms with Crippen molar-refractivity contribution in [3.63, 3.8) is 0 Å². The van der Waals surface area contributed by atoms with E-state index in [4.69, 9.17) is 5.73 Å². The van der Waals surface area contributed by atoms with Crippen LogP contribution in [-0.4, -0.2) is 11.1 Å². The van der Waals surface area contributed by atoms with Gasteiger partial charge in [-0.15, -0.1) is 0 Å². The van der Waals surface area contributed by atoms with Gasteiger partial charge in [0.2, 0.25) is 0 Å². The summed E-state index contributed by atoms with van der Waals surface area (Å²) in [7, 11) is 0. The molecule has 0 aromatic carbocycles. The van der Waals surface area contributed by atoms with Crippen LogP contribution < -0.4 is 5.73 Å². The zero-order valence-corrected chi connectivity index (χ0v) is 4.00. The van der Waals surface area contributed by atoms with Crippen LogP contribution in [0.2, 0.25) is 0 Å². The van der Waals surface area contributed by atoms with Crippen LogP contribution in [-0.2, 0) is 0 Å². The summed E-state index contributed by atoms with van der Waals surface area (Å²) in [6.07, 6.45) is 2.46. The summed E-state index contributed by atoms with van der Waals surface area (Å²) >= 11 is 0. The number of hydrogen-bond donors (Lipinski definition) is 1. The van der Waals surface area contributed by atoms with Crippen LogP contribution in [0.15, 0.2) is 17.0 Å². The molecule has 1 aromatic heterocycles. The van der Waals surface area contributed by atoms with E-state index in [1.165, 1.54) is 12.5 Å². The summed E-state index contributed by atoms with van der Waals surface area (Å²) in [4.78, 5) is 10.2. The van der Waals surface area contributed by atoms with Crippen LogP contribution >= 0.6 is 0 Å². The first kappa shape index (κ1) is 4.83. The Kier molecular flexibility index (Phi) is 0.997. The smallest absolute Gasteiger partial charge is 0.253 e. The maximum Gasteiger partial charge on any atom is 0.253 e. The molecule has 0 aliphatic heterocycles. The zero-order chi connectivity index (χ0) is 5.98. The monoisotopic (exact) mass is 112 g/mol. The van der Waals surface area contributed by atoms with Gasteiger partial charge in [0.25, 0.3) is 5.91 Å². The van der Waals surface area contributed by atoms with Crippen LogP contribution in [0.3, 0.4) is 0 Å². The Hall–Kier alpha value is -1.32. The fourth-order valence-corrected chi connectivity index (χ4v) is 0.327. The molecular formula is C4H4N2O2. The number of amides is 1. The second kappa shape index (κ2) is 1.65. The molecule has 0 atom stereocenters. The van der Waals surface area contributed by atoms with E-state index >= 15 is 0 Å². The Bertz CT molecular complexity index is 180. The lowest BCUT2D eigenvalue weighted by Gasteiger charge is -1.77. The Labute approximate surface area is 45.3 Å². The van der Waals surface area contributed by atoms with E-state index in [0.717, 1.165) is 0 Å². The average molecular weight is 112 g/mol. The number of primary amides is 1. The minimum atomic E-state index is -0.522. The van der Waals surface area contributed by atoms with Crippen molar-refractivity contribution in [3.8, 4) is 0 Å². The van der Waals surface area contributed by atoms with Gasteiger partial charge in [0.15, 0.2) is 0 Å². The van der Waals surface area contributed by atoms with Crippen molar-refractivity contribution in [2.24, 2.45) is 5.73 Å². The molecule has 4 nitrogen and oxygen atoms in total. The molecule has 8 heavy (non-hydrogen) atoms. The molecule has 0 saturated carbocycles. The number of rotatable bonds is 1. The van der Waals surface area contributed by atoms with Gasteiger partial charge in [-0.05, 0) is 0 Å². The Morgan fingerprint density at radius 1 is 1.88 bits per heavy atom. The fraction of sp³-hybridized carbons (Fsp3) is 0. The Morgan fingerprint density at radius 2 is 2.62 bits per heavy atom. The first-order valence-corrected chi connectivity index (χ1v) is 2.00. The van der Waals surface area contributed by atoms with Gasteiger partial charge in [0.1, 0.15) is 6.26 Å². The van der Waals surface area contributed by atoms with Gasteiger partial charge in [-0.25, -0.2) is 0 Å². The second-order valence-corrected chi connectivity index (χ2v) is 1.28. The van der Waals surface area contributed by atoms with Crippen molar-refractivity contribution in [1.29, 1.82) is 0 Å². The molecule has 1 aromatic rings. The van der Waals surface area contributed by atoms with E-state index in [-0.39, 0.29) is 0 Å². The van der Waals surface area contributed by atoms with Gasteiger partial charge in [-0.3, -0.25) is 4.79 Å². The first-order chi connectivity index (χ1) is 3.80. The van der Waals surface area contributed by atoms with Gasteiger partial charge >= 0.3 is 0 Å². The zero-order valence-electron chi connectivity index (χ0n) is 4.00. The summed E-state index contributed by atoms with van der Waals surface area (Å²) in [5, 5.41) is 3.27. The van der Waals surface area contributed by atoms with Gasteiger partial charge < -0.3 is 10.3 Å². The molecule has 0 aliphatic carbocycles. The summed E-state index contributed by atoms with van der Waals surface area (Å²) in [5.41, 5.74) is 5.12. The lowest BCUT2D eigenvalue weighted by atomic mass is 10.4. The van der Waals surface area contributed by atoms with Gasteiger partial charge in [0, 0.05) is 0 Å². The molecule has 4 heteroatoms. The number of aromatic nitrogens is 1. The highest BCUT2D eigenvalue weighted by atomic mass is 16.5. The minimum Gasteiger partial charge on any atom is -0.365 e. The third-order valence-electron chi connectivity index (χ3n) is 0.717. The van der Waals surface area contributed by atoms with Crippen molar-refractivity contribution < 1.29 is 9.32 Å². The quantitative estimate of drug-likeness (QED) is 0.545. The van der Waals surface area contributed by atoms with E-state index in [0.29, 0.717) is 5.56 Å². The van der Waals surface area contributed by atoms with E-state index in [1.807, 2.05) is 0 Å². The van der Waals surface area contributed by atoms with Crippen LogP contribution in [0.25, 0.3) is 0 Å². The maximum absolute atomic E-state index is 10.2. The van der Waals surface area contributed by atoms with Crippen LogP contribution in [0.5, 0.6) is 0 Å². The summed E-state index contributed by atoms with van der Waals surface area (Å²) in [6.45, 7) is 0. The van der Waals surface area contributed by atoms with E-state index < -0.39 is 5.91 Å². The fourth-order valence-electron chi connectivity index (χ4n) is 0.327. The van der Waals surface area contributed by atoms with Crippen molar-refractivity contribution in [3.05, 3.63) is 18.0 Å². The number of nitrogens with zero attached hydrogens (tertiary/aromatic N) is 1. The van der Waals surface area contributed by atoms with E-state index in [2.05, 4.69) is 9.68 Å². The molecule has 2 N–H and O–H groups in total. The van der Waals surface area contributed by atoms with Crippen molar-refractivity contribution in [1.82, 2.24) is 5.16 Å². The molecular weight excluding hydrogens is 108 g/mol. The number of hydrogen-bond acceptors (Lipinski definition) is 3. The molecule has 0 fully saturated rings. The third kappa shape index (κ3) is 0.676. The molecule has 0 radical (unpaired) electrons. The summed E-state index contributed by atoms with van der Waals surface area (Å²) in [6, 6.07) is 0. The normalized spacial score (nSPS) is 9.00. The molecule has 1 rings (SSSR count). The van der Waals surface area contributed by atoms with E-state index in [9.17, 15) is 4.79 Å². The third-order valence-corrected chi connectivity index (χ3v) is 0.717. The molecule has 1 heterocycles. The van der Waals surface area contributed by atoms with Crippen molar-refractivity contribution in [2.45, 2.75) is 0 Å². The Morgan fingerprint density at radius 3 is 2.88 bits per heavy atom. The largest absolute Gasteiger partial charge is 0.365 e.